The number of carboxylic acid groups (broad SMARTS) is 1. The number of hydrogen-bond donors (Lipinski definition) is 2. The summed E-state index contributed by atoms with van der Waals surface area (Å²) in [6, 6.07) is 2.65. The number of amides is 1. The van der Waals surface area contributed by atoms with Gasteiger partial charge in [-0.1, -0.05) is 5.16 Å². The van der Waals surface area contributed by atoms with Gasteiger partial charge in [0.1, 0.15) is 5.69 Å². The lowest BCUT2D eigenvalue weighted by Gasteiger charge is -2.03. The molecule has 0 aliphatic rings. The van der Waals surface area contributed by atoms with Crippen molar-refractivity contribution >= 4 is 11.9 Å². The van der Waals surface area contributed by atoms with E-state index in [2.05, 4.69) is 20.4 Å². The van der Waals surface area contributed by atoms with Crippen LogP contribution in [0.3, 0.4) is 0 Å². The topological polar surface area (TPSA) is 118 Å². The van der Waals surface area contributed by atoms with Crippen LogP contribution in [0.2, 0.25) is 0 Å². The van der Waals surface area contributed by atoms with E-state index in [4.69, 9.17) is 9.63 Å². The molecule has 0 fully saturated rings. The van der Waals surface area contributed by atoms with Crippen molar-refractivity contribution in [1.29, 1.82) is 0 Å². The van der Waals surface area contributed by atoms with Crippen molar-refractivity contribution in [3.63, 3.8) is 0 Å². The maximum atomic E-state index is 11.7. The molecule has 0 aliphatic carbocycles. The van der Waals surface area contributed by atoms with E-state index in [1.54, 1.807) is 0 Å². The lowest BCUT2D eigenvalue weighted by Crippen LogP contribution is -2.26. The van der Waals surface area contributed by atoms with Gasteiger partial charge in [-0.15, -0.1) is 0 Å². The van der Waals surface area contributed by atoms with Crippen LogP contribution in [0.25, 0.3) is 0 Å². The molecule has 0 saturated carbocycles. The van der Waals surface area contributed by atoms with Gasteiger partial charge in [-0.05, 0) is 12.1 Å². The third kappa shape index (κ3) is 3.35. The summed E-state index contributed by atoms with van der Waals surface area (Å²) in [5, 5.41) is 14.8. The molecule has 2 rings (SSSR count). The summed E-state index contributed by atoms with van der Waals surface area (Å²) in [6.45, 7) is 0.311. The molecule has 0 saturated heterocycles. The zero-order valence-corrected chi connectivity index (χ0v) is 9.74. The predicted molar refractivity (Wildman–Crippen MR) is 61.5 cm³/mol. The van der Waals surface area contributed by atoms with Gasteiger partial charge in [0.15, 0.2) is 6.33 Å². The Morgan fingerprint density at radius 2 is 2.21 bits per heavy atom. The zero-order chi connectivity index (χ0) is 13.7. The summed E-state index contributed by atoms with van der Waals surface area (Å²) < 4.78 is 4.77. The molecule has 98 valence electrons. The molecule has 8 heteroatoms. The van der Waals surface area contributed by atoms with Gasteiger partial charge in [0.2, 0.25) is 5.89 Å². The summed E-state index contributed by atoms with van der Waals surface area (Å²) in [6.07, 6.45) is 2.96. The molecule has 0 bridgehead atoms. The summed E-state index contributed by atoms with van der Waals surface area (Å²) in [5.41, 5.74) is 0.0579. The number of hydrogen-bond acceptors (Lipinski definition) is 6. The number of pyridine rings is 1. The first-order valence-electron chi connectivity index (χ1n) is 5.40. The van der Waals surface area contributed by atoms with Crippen LogP contribution in [-0.2, 0) is 6.42 Å². The Kier molecular flexibility index (Phi) is 3.81. The minimum Gasteiger partial charge on any atom is -0.477 e. The minimum absolute atomic E-state index is 0.176. The van der Waals surface area contributed by atoms with E-state index in [1.807, 2.05) is 0 Å². The Labute approximate surface area is 107 Å². The van der Waals surface area contributed by atoms with Crippen molar-refractivity contribution < 1.29 is 19.2 Å². The lowest BCUT2D eigenvalue weighted by molar-refractivity contribution is 0.0690. The van der Waals surface area contributed by atoms with Crippen molar-refractivity contribution in [3.8, 4) is 0 Å². The molecule has 8 nitrogen and oxygen atoms in total. The SMILES string of the molecule is O=C(NCCc1ncno1)c1ccnc(C(=O)O)c1. The molecule has 0 spiro atoms. The first-order chi connectivity index (χ1) is 9.16. The molecule has 0 unspecified atom stereocenters. The second kappa shape index (κ2) is 5.71. The summed E-state index contributed by atoms with van der Waals surface area (Å²) in [4.78, 5) is 29.9. The standard InChI is InChI=1S/C11H10N4O4/c16-10(13-4-2-9-14-6-15-19-9)7-1-3-12-8(5-7)11(17)18/h1,3,5-6H,2,4H2,(H,13,16)(H,17,18). The monoisotopic (exact) mass is 262 g/mol. The van der Waals surface area contributed by atoms with Gasteiger partial charge in [-0.25, -0.2) is 9.78 Å². The van der Waals surface area contributed by atoms with Gasteiger partial charge in [0.25, 0.3) is 5.91 Å². The molecular formula is C11H10N4O4. The van der Waals surface area contributed by atoms with E-state index < -0.39 is 5.97 Å². The van der Waals surface area contributed by atoms with Crippen LogP contribution in [0.5, 0.6) is 0 Å². The first kappa shape index (κ1) is 12.7. The summed E-state index contributed by atoms with van der Waals surface area (Å²) >= 11 is 0. The third-order valence-corrected chi connectivity index (χ3v) is 2.27. The second-order valence-electron chi connectivity index (χ2n) is 3.58. The Morgan fingerprint density at radius 3 is 2.89 bits per heavy atom. The second-order valence-corrected chi connectivity index (χ2v) is 3.58. The molecule has 2 aromatic heterocycles. The normalized spacial score (nSPS) is 10.1. The van der Waals surface area contributed by atoms with Gasteiger partial charge in [-0.2, -0.15) is 4.98 Å². The van der Waals surface area contributed by atoms with Crippen molar-refractivity contribution in [2.45, 2.75) is 6.42 Å². The number of carboxylic acids is 1. The van der Waals surface area contributed by atoms with Crippen LogP contribution in [-0.4, -0.2) is 38.7 Å². The molecule has 0 aliphatic heterocycles. The lowest BCUT2D eigenvalue weighted by atomic mass is 10.2. The van der Waals surface area contributed by atoms with Gasteiger partial charge >= 0.3 is 5.97 Å². The number of carbonyl (C=O) groups is 2. The average Bonchev–Trinajstić information content (AvgIpc) is 2.92. The molecule has 0 aromatic carbocycles. The third-order valence-electron chi connectivity index (χ3n) is 2.27. The van der Waals surface area contributed by atoms with E-state index >= 15 is 0 Å². The molecule has 19 heavy (non-hydrogen) atoms. The van der Waals surface area contributed by atoms with Gasteiger partial charge in [0.05, 0.1) is 0 Å². The molecular weight excluding hydrogens is 252 g/mol. The van der Waals surface area contributed by atoms with E-state index in [9.17, 15) is 9.59 Å². The highest BCUT2D eigenvalue weighted by molar-refractivity contribution is 5.96. The Hall–Kier alpha value is -2.77. The van der Waals surface area contributed by atoms with Crippen molar-refractivity contribution in [2.24, 2.45) is 0 Å². The highest BCUT2D eigenvalue weighted by Crippen LogP contribution is 2.02. The van der Waals surface area contributed by atoms with E-state index in [-0.39, 0.29) is 17.2 Å². The number of aromatic nitrogens is 3. The number of nitrogens with one attached hydrogen (secondary N) is 1. The first-order valence-corrected chi connectivity index (χ1v) is 5.40. The van der Waals surface area contributed by atoms with Crippen LogP contribution >= 0.6 is 0 Å². The van der Waals surface area contributed by atoms with Crippen LogP contribution in [0.1, 0.15) is 26.7 Å². The zero-order valence-electron chi connectivity index (χ0n) is 9.74. The van der Waals surface area contributed by atoms with Crippen LogP contribution < -0.4 is 5.32 Å². The number of nitrogens with zero attached hydrogens (tertiary/aromatic N) is 3. The molecule has 2 aromatic rings. The largest absolute Gasteiger partial charge is 0.477 e. The van der Waals surface area contributed by atoms with E-state index in [0.717, 1.165) is 0 Å². The Balaban J connectivity index is 1.92. The minimum atomic E-state index is -1.18. The highest BCUT2D eigenvalue weighted by atomic mass is 16.5. The quantitative estimate of drug-likeness (QED) is 0.786. The smallest absolute Gasteiger partial charge is 0.354 e. The van der Waals surface area contributed by atoms with Gasteiger partial charge in [-0.3, -0.25) is 4.79 Å². The van der Waals surface area contributed by atoms with E-state index in [0.29, 0.717) is 18.9 Å². The number of aromatic carboxylic acids is 1. The average molecular weight is 262 g/mol. The van der Waals surface area contributed by atoms with Gasteiger partial charge < -0.3 is 14.9 Å². The molecule has 1 amide bonds. The fourth-order valence-corrected chi connectivity index (χ4v) is 1.38. The maximum absolute atomic E-state index is 11.7. The van der Waals surface area contributed by atoms with Crippen molar-refractivity contribution in [3.05, 3.63) is 41.8 Å². The number of carbonyl (C=O) groups excluding carboxylic acids is 1. The van der Waals surface area contributed by atoms with E-state index in [1.165, 1.54) is 24.7 Å². The molecule has 2 heterocycles. The van der Waals surface area contributed by atoms with Crippen molar-refractivity contribution in [2.75, 3.05) is 6.54 Å². The maximum Gasteiger partial charge on any atom is 0.354 e. The fourth-order valence-electron chi connectivity index (χ4n) is 1.38. The summed E-state index contributed by atoms with van der Waals surface area (Å²) in [5.74, 6) is -1.15. The Morgan fingerprint density at radius 1 is 1.37 bits per heavy atom. The van der Waals surface area contributed by atoms with Crippen LogP contribution in [0.15, 0.2) is 29.2 Å². The number of rotatable bonds is 5. The highest BCUT2D eigenvalue weighted by Gasteiger charge is 2.10. The van der Waals surface area contributed by atoms with Crippen LogP contribution in [0.4, 0.5) is 0 Å². The van der Waals surface area contributed by atoms with Crippen LogP contribution in [0, 0.1) is 0 Å². The predicted octanol–water partition coefficient (Wildman–Crippen LogP) is 0.135. The fraction of sp³-hybridized carbons (Fsp3) is 0.182. The molecule has 0 atom stereocenters. The van der Waals surface area contributed by atoms with Crippen molar-refractivity contribution in [1.82, 2.24) is 20.4 Å². The van der Waals surface area contributed by atoms with Gasteiger partial charge in [0, 0.05) is 24.7 Å². The molecule has 2 N–H and O–H groups in total. The summed E-state index contributed by atoms with van der Waals surface area (Å²) in [7, 11) is 0. The Bertz CT molecular complexity index is 582. The molecule has 0 radical (unpaired) electrons.